The van der Waals surface area contributed by atoms with E-state index in [9.17, 15) is 13.2 Å². The Kier molecular flexibility index (Phi) is 3.85. The van der Waals surface area contributed by atoms with Crippen LogP contribution in [0.2, 0.25) is 5.15 Å². The first-order valence-corrected chi connectivity index (χ1v) is 6.87. The van der Waals surface area contributed by atoms with Crippen LogP contribution in [-0.2, 0) is 7.05 Å². The summed E-state index contributed by atoms with van der Waals surface area (Å²) >= 11 is 5.91. The second-order valence-corrected chi connectivity index (χ2v) is 5.10. The van der Waals surface area contributed by atoms with Crippen LogP contribution in [-0.4, -0.2) is 25.7 Å². The Morgan fingerprint density at radius 3 is 2.39 bits per heavy atom. The fraction of sp³-hybridized carbons (Fsp3) is 0.214. The second kappa shape index (κ2) is 5.69. The summed E-state index contributed by atoms with van der Waals surface area (Å²) in [5.74, 6) is -0.695. The number of benzene rings is 1. The van der Waals surface area contributed by atoms with E-state index in [1.807, 2.05) is 0 Å². The summed E-state index contributed by atoms with van der Waals surface area (Å²) in [5, 5.41) is -0.243. The maximum Gasteiger partial charge on any atom is 0.432 e. The van der Waals surface area contributed by atoms with E-state index in [2.05, 4.69) is 15.0 Å². The van der Waals surface area contributed by atoms with Crippen molar-refractivity contribution in [3.05, 3.63) is 47.6 Å². The molecule has 0 fully saturated rings. The zero-order valence-corrected chi connectivity index (χ0v) is 12.5. The lowest BCUT2D eigenvalue weighted by Crippen LogP contribution is -2.29. The molecule has 0 bridgehead atoms. The van der Waals surface area contributed by atoms with Gasteiger partial charge in [-0.25, -0.2) is 15.0 Å². The van der Waals surface area contributed by atoms with Gasteiger partial charge in [-0.1, -0.05) is 23.7 Å². The standard InChI is InChI=1S/C14H10ClF3N4O/c1-22-7-6-19-12(22)10(14(16,17)18)23-13-11(15)20-8-4-2-3-5-9(8)21-13/h2-7,10H,1H3. The van der Waals surface area contributed by atoms with Gasteiger partial charge in [-0.2, -0.15) is 13.2 Å². The molecule has 1 atom stereocenters. The molecule has 2 heterocycles. The molecule has 0 aliphatic rings. The Morgan fingerprint density at radius 2 is 1.83 bits per heavy atom. The topological polar surface area (TPSA) is 52.8 Å². The number of hydrogen-bond acceptors (Lipinski definition) is 4. The number of aromatic nitrogens is 4. The minimum atomic E-state index is -4.68. The maximum atomic E-state index is 13.3. The average Bonchev–Trinajstić information content (AvgIpc) is 2.89. The minimum absolute atomic E-state index is 0.243. The molecule has 3 aromatic rings. The van der Waals surface area contributed by atoms with Gasteiger partial charge in [0.1, 0.15) is 0 Å². The Bertz CT molecular complexity index is 849. The van der Waals surface area contributed by atoms with Crippen molar-refractivity contribution in [3.63, 3.8) is 0 Å². The van der Waals surface area contributed by atoms with Gasteiger partial charge < -0.3 is 9.30 Å². The third-order valence-corrected chi connectivity index (χ3v) is 3.36. The van der Waals surface area contributed by atoms with Crippen LogP contribution in [0.4, 0.5) is 13.2 Å². The van der Waals surface area contributed by atoms with Crippen LogP contribution in [0.1, 0.15) is 11.9 Å². The number of hydrogen-bond donors (Lipinski definition) is 0. The molecule has 0 saturated heterocycles. The van der Waals surface area contributed by atoms with Crippen LogP contribution in [0.3, 0.4) is 0 Å². The van der Waals surface area contributed by atoms with Crippen molar-refractivity contribution in [2.75, 3.05) is 0 Å². The summed E-state index contributed by atoms with van der Waals surface area (Å²) in [6.45, 7) is 0. The maximum absolute atomic E-state index is 13.3. The second-order valence-electron chi connectivity index (χ2n) is 4.74. The van der Waals surface area contributed by atoms with Crippen LogP contribution < -0.4 is 4.74 Å². The van der Waals surface area contributed by atoms with Crippen LogP contribution in [0.5, 0.6) is 5.88 Å². The number of rotatable bonds is 3. The largest absolute Gasteiger partial charge is 0.454 e. The summed E-state index contributed by atoms with van der Waals surface area (Å²) in [6.07, 6.45) is -4.33. The van der Waals surface area contributed by atoms with Gasteiger partial charge in [-0.15, -0.1) is 0 Å². The molecule has 0 aliphatic carbocycles. The van der Waals surface area contributed by atoms with E-state index in [1.165, 1.54) is 24.0 Å². The van der Waals surface area contributed by atoms with E-state index in [1.54, 1.807) is 24.3 Å². The van der Waals surface area contributed by atoms with Crippen molar-refractivity contribution in [1.29, 1.82) is 0 Å². The highest BCUT2D eigenvalue weighted by atomic mass is 35.5. The van der Waals surface area contributed by atoms with Crippen molar-refractivity contribution in [2.24, 2.45) is 7.05 Å². The Morgan fingerprint density at radius 1 is 1.17 bits per heavy atom. The summed E-state index contributed by atoms with van der Waals surface area (Å²) in [5.41, 5.74) is 0.845. The van der Waals surface area contributed by atoms with Gasteiger partial charge in [-0.05, 0) is 12.1 Å². The molecular weight excluding hydrogens is 333 g/mol. The highest BCUT2D eigenvalue weighted by Gasteiger charge is 2.46. The van der Waals surface area contributed by atoms with Crippen LogP contribution >= 0.6 is 11.6 Å². The van der Waals surface area contributed by atoms with Crippen molar-refractivity contribution in [2.45, 2.75) is 12.3 Å². The SMILES string of the molecule is Cn1ccnc1C(Oc1nc2ccccc2nc1Cl)C(F)(F)F. The predicted octanol–water partition coefficient (Wildman–Crippen LogP) is 3.70. The number of aryl methyl sites for hydroxylation is 1. The molecule has 23 heavy (non-hydrogen) atoms. The van der Waals surface area contributed by atoms with Crippen molar-refractivity contribution < 1.29 is 17.9 Å². The van der Waals surface area contributed by atoms with Gasteiger partial charge in [-0.3, -0.25) is 0 Å². The fourth-order valence-corrected chi connectivity index (χ4v) is 2.22. The lowest BCUT2D eigenvalue weighted by Gasteiger charge is -2.21. The first-order valence-electron chi connectivity index (χ1n) is 6.49. The fourth-order valence-electron chi connectivity index (χ4n) is 2.04. The Balaban J connectivity index is 2.04. The zero-order valence-electron chi connectivity index (χ0n) is 11.8. The molecule has 2 aromatic heterocycles. The van der Waals surface area contributed by atoms with Crippen molar-refractivity contribution >= 4 is 22.6 Å². The lowest BCUT2D eigenvalue weighted by atomic mass is 10.3. The molecule has 0 radical (unpaired) electrons. The molecule has 1 unspecified atom stereocenters. The van der Waals surface area contributed by atoms with Gasteiger partial charge in [0.2, 0.25) is 0 Å². The van der Waals surface area contributed by atoms with Gasteiger partial charge in [0.25, 0.3) is 12.0 Å². The first-order chi connectivity index (χ1) is 10.9. The summed E-state index contributed by atoms with van der Waals surface area (Å²) in [4.78, 5) is 11.7. The summed E-state index contributed by atoms with van der Waals surface area (Å²) < 4.78 is 46.2. The smallest absolute Gasteiger partial charge is 0.432 e. The molecule has 120 valence electrons. The number of halogens is 4. The van der Waals surface area contributed by atoms with E-state index >= 15 is 0 Å². The minimum Gasteiger partial charge on any atom is -0.454 e. The first kappa shape index (κ1) is 15.5. The van der Waals surface area contributed by atoms with Crippen molar-refractivity contribution in [1.82, 2.24) is 19.5 Å². The Labute approximate surface area is 133 Å². The molecule has 0 amide bonds. The van der Waals surface area contributed by atoms with Gasteiger partial charge in [0, 0.05) is 19.4 Å². The summed E-state index contributed by atoms with van der Waals surface area (Å²) in [6, 6.07) is 6.67. The molecule has 0 spiro atoms. The normalized spacial score (nSPS) is 13.3. The number of imidazole rings is 1. The number of alkyl halides is 3. The molecule has 5 nitrogen and oxygen atoms in total. The van der Waals surface area contributed by atoms with E-state index in [0.29, 0.717) is 11.0 Å². The molecule has 1 aromatic carbocycles. The number of ether oxygens (including phenoxy) is 1. The van der Waals surface area contributed by atoms with E-state index < -0.39 is 18.2 Å². The number of fused-ring (bicyclic) bond motifs is 1. The molecule has 3 rings (SSSR count). The van der Waals surface area contributed by atoms with Crippen molar-refractivity contribution in [3.8, 4) is 5.88 Å². The number of para-hydroxylation sites is 2. The molecule has 9 heteroatoms. The van der Waals surface area contributed by atoms with Crippen LogP contribution in [0, 0.1) is 0 Å². The van der Waals surface area contributed by atoms with Gasteiger partial charge in [0.05, 0.1) is 11.0 Å². The highest BCUT2D eigenvalue weighted by molar-refractivity contribution is 6.31. The summed E-state index contributed by atoms with van der Waals surface area (Å²) in [7, 11) is 1.44. The van der Waals surface area contributed by atoms with E-state index in [-0.39, 0.29) is 11.0 Å². The molecule has 0 saturated carbocycles. The zero-order chi connectivity index (χ0) is 16.6. The third-order valence-electron chi connectivity index (χ3n) is 3.12. The van der Waals surface area contributed by atoms with E-state index in [4.69, 9.17) is 16.3 Å². The van der Waals surface area contributed by atoms with Gasteiger partial charge >= 0.3 is 6.18 Å². The van der Waals surface area contributed by atoms with Crippen LogP contribution in [0.15, 0.2) is 36.7 Å². The van der Waals surface area contributed by atoms with Gasteiger partial charge in [0.15, 0.2) is 11.0 Å². The predicted molar refractivity (Wildman–Crippen MR) is 77.2 cm³/mol. The highest BCUT2D eigenvalue weighted by Crippen LogP contribution is 2.37. The molecular formula is C14H10ClF3N4O. The number of nitrogens with zero attached hydrogens (tertiary/aromatic N) is 4. The molecule has 0 N–H and O–H groups in total. The lowest BCUT2D eigenvalue weighted by molar-refractivity contribution is -0.201. The van der Waals surface area contributed by atoms with Crippen LogP contribution in [0.25, 0.3) is 11.0 Å². The third kappa shape index (κ3) is 3.07. The monoisotopic (exact) mass is 342 g/mol. The van der Waals surface area contributed by atoms with E-state index in [0.717, 1.165) is 0 Å². The average molecular weight is 343 g/mol. The Hall–Kier alpha value is -2.35. The molecule has 0 aliphatic heterocycles. The quantitative estimate of drug-likeness (QED) is 0.728.